The first-order chi connectivity index (χ1) is 9.51. The lowest BCUT2D eigenvalue weighted by Crippen LogP contribution is -1.93. The second-order valence-corrected chi connectivity index (χ2v) is 4.83. The molecule has 0 bridgehead atoms. The van der Waals surface area contributed by atoms with Crippen molar-refractivity contribution >= 4 is 33.2 Å². The van der Waals surface area contributed by atoms with Gasteiger partial charge < -0.3 is 4.74 Å². The molecule has 0 atom stereocenters. The summed E-state index contributed by atoms with van der Waals surface area (Å²) in [6, 6.07) is 8.15. The summed E-state index contributed by atoms with van der Waals surface area (Å²) in [5.41, 5.74) is 0.429. The number of halogens is 3. The molecule has 0 N–H and O–H groups in total. The molecule has 0 saturated carbocycles. The van der Waals surface area contributed by atoms with E-state index in [0.717, 1.165) is 0 Å². The lowest BCUT2D eigenvalue weighted by molar-refractivity contribution is -0.384. The number of nitro benzene ring substituents is 1. The molecule has 0 aliphatic heterocycles. The number of ether oxygens (including phenoxy) is 1. The molecule has 4 nitrogen and oxygen atoms in total. The third kappa shape index (κ3) is 3.26. The Labute approximate surface area is 127 Å². The molecule has 0 radical (unpaired) electrons. The van der Waals surface area contributed by atoms with Gasteiger partial charge in [0.05, 0.1) is 4.92 Å². The normalized spacial score (nSPS) is 10.3. The van der Waals surface area contributed by atoms with Crippen molar-refractivity contribution in [3.63, 3.8) is 0 Å². The Morgan fingerprint density at radius 3 is 2.65 bits per heavy atom. The standard InChI is InChI=1S/C13H8BrClFNO3/c14-7-8-5-9(16)1-4-13(8)20-10-2-3-12(17(18)19)11(15)6-10/h1-6H,7H2. The first-order valence-corrected chi connectivity index (χ1v) is 6.97. The van der Waals surface area contributed by atoms with Crippen molar-refractivity contribution in [3.05, 3.63) is 62.9 Å². The molecule has 0 fully saturated rings. The monoisotopic (exact) mass is 359 g/mol. The average Bonchev–Trinajstić information content (AvgIpc) is 2.40. The molecular weight excluding hydrogens is 353 g/mol. The van der Waals surface area contributed by atoms with Crippen molar-refractivity contribution in [3.8, 4) is 11.5 Å². The topological polar surface area (TPSA) is 52.4 Å². The van der Waals surface area contributed by atoms with Crippen LogP contribution in [0, 0.1) is 15.9 Å². The van der Waals surface area contributed by atoms with Gasteiger partial charge >= 0.3 is 0 Å². The highest BCUT2D eigenvalue weighted by atomic mass is 79.9. The van der Waals surface area contributed by atoms with Gasteiger partial charge in [-0.15, -0.1) is 0 Å². The Bertz CT molecular complexity index is 666. The highest BCUT2D eigenvalue weighted by molar-refractivity contribution is 9.08. The summed E-state index contributed by atoms with van der Waals surface area (Å²) in [6.07, 6.45) is 0. The van der Waals surface area contributed by atoms with Crippen LogP contribution in [-0.2, 0) is 5.33 Å². The van der Waals surface area contributed by atoms with Gasteiger partial charge in [-0.2, -0.15) is 0 Å². The van der Waals surface area contributed by atoms with E-state index in [9.17, 15) is 14.5 Å². The van der Waals surface area contributed by atoms with Crippen LogP contribution in [0.15, 0.2) is 36.4 Å². The molecule has 2 rings (SSSR count). The summed E-state index contributed by atoms with van der Waals surface area (Å²) >= 11 is 9.04. The van der Waals surface area contributed by atoms with E-state index in [4.69, 9.17) is 16.3 Å². The van der Waals surface area contributed by atoms with Crippen LogP contribution >= 0.6 is 27.5 Å². The maximum absolute atomic E-state index is 13.1. The van der Waals surface area contributed by atoms with Crippen molar-refractivity contribution in [2.75, 3.05) is 0 Å². The van der Waals surface area contributed by atoms with Gasteiger partial charge in [-0.3, -0.25) is 10.1 Å². The summed E-state index contributed by atoms with van der Waals surface area (Å²) in [4.78, 5) is 10.1. The molecule has 20 heavy (non-hydrogen) atoms. The van der Waals surface area contributed by atoms with Gasteiger partial charge in [0.15, 0.2) is 0 Å². The predicted octanol–water partition coefficient (Wildman–Crippen LogP) is 5.07. The van der Waals surface area contributed by atoms with E-state index in [1.165, 1.54) is 36.4 Å². The fraction of sp³-hybridized carbons (Fsp3) is 0.0769. The molecular formula is C13H8BrClFNO3. The predicted molar refractivity (Wildman–Crippen MR) is 77.2 cm³/mol. The molecule has 2 aromatic carbocycles. The van der Waals surface area contributed by atoms with Crippen LogP contribution in [0.3, 0.4) is 0 Å². The minimum atomic E-state index is -0.575. The molecule has 0 aromatic heterocycles. The van der Waals surface area contributed by atoms with E-state index >= 15 is 0 Å². The third-order valence-electron chi connectivity index (χ3n) is 2.51. The van der Waals surface area contributed by atoms with Crippen molar-refractivity contribution in [2.45, 2.75) is 5.33 Å². The van der Waals surface area contributed by atoms with Crippen LogP contribution in [0.4, 0.5) is 10.1 Å². The lowest BCUT2D eigenvalue weighted by atomic mass is 10.2. The maximum atomic E-state index is 13.1. The summed E-state index contributed by atoms with van der Waals surface area (Å²) in [6.45, 7) is 0. The van der Waals surface area contributed by atoms with Crippen molar-refractivity contribution in [1.29, 1.82) is 0 Å². The van der Waals surface area contributed by atoms with Gasteiger partial charge in [0.25, 0.3) is 5.69 Å². The quantitative estimate of drug-likeness (QED) is 0.434. The number of benzene rings is 2. The maximum Gasteiger partial charge on any atom is 0.288 e. The smallest absolute Gasteiger partial charge is 0.288 e. The second kappa shape index (κ2) is 6.19. The number of hydrogen-bond donors (Lipinski definition) is 0. The Balaban J connectivity index is 2.31. The van der Waals surface area contributed by atoms with Crippen LogP contribution in [0.25, 0.3) is 0 Å². The summed E-state index contributed by atoms with van der Waals surface area (Å²) in [5, 5.41) is 11.1. The van der Waals surface area contributed by atoms with Gasteiger partial charge in [-0.25, -0.2) is 4.39 Å². The number of nitrogens with zero attached hydrogens (tertiary/aromatic N) is 1. The Hall–Kier alpha value is -1.66. The first kappa shape index (κ1) is 14.7. The number of rotatable bonds is 4. The molecule has 104 valence electrons. The molecule has 0 spiro atoms. The van der Waals surface area contributed by atoms with Crippen LogP contribution in [0.2, 0.25) is 5.02 Å². The number of hydrogen-bond acceptors (Lipinski definition) is 3. The van der Waals surface area contributed by atoms with Crippen molar-refractivity contribution in [1.82, 2.24) is 0 Å². The molecule has 0 unspecified atom stereocenters. The summed E-state index contributed by atoms with van der Waals surface area (Å²) in [7, 11) is 0. The van der Waals surface area contributed by atoms with Crippen LogP contribution < -0.4 is 4.74 Å². The Kier molecular flexibility index (Phi) is 4.57. The second-order valence-electron chi connectivity index (χ2n) is 3.86. The van der Waals surface area contributed by atoms with Gasteiger partial charge in [0, 0.05) is 23.0 Å². The van der Waals surface area contributed by atoms with E-state index in [0.29, 0.717) is 22.4 Å². The van der Waals surface area contributed by atoms with Crippen LogP contribution in [0.1, 0.15) is 5.56 Å². The molecule has 2 aromatic rings. The minimum absolute atomic E-state index is 0.0185. The van der Waals surface area contributed by atoms with E-state index in [-0.39, 0.29) is 16.5 Å². The first-order valence-electron chi connectivity index (χ1n) is 5.47. The van der Waals surface area contributed by atoms with E-state index in [2.05, 4.69) is 15.9 Å². The van der Waals surface area contributed by atoms with Gasteiger partial charge in [-0.05, 0) is 24.3 Å². The van der Waals surface area contributed by atoms with Gasteiger partial charge in [-0.1, -0.05) is 27.5 Å². The fourth-order valence-electron chi connectivity index (χ4n) is 1.58. The minimum Gasteiger partial charge on any atom is -0.457 e. The Morgan fingerprint density at radius 2 is 2.05 bits per heavy atom. The number of nitro groups is 1. The van der Waals surface area contributed by atoms with Gasteiger partial charge in [0.2, 0.25) is 0 Å². The van der Waals surface area contributed by atoms with E-state index in [1.54, 1.807) is 0 Å². The SMILES string of the molecule is O=[N+]([O-])c1ccc(Oc2ccc(F)cc2CBr)cc1Cl. The molecule has 0 heterocycles. The fourth-order valence-corrected chi connectivity index (χ4v) is 2.26. The average molecular weight is 361 g/mol. The van der Waals surface area contributed by atoms with Crippen molar-refractivity contribution < 1.29 is 14.1 Å². The molecule has 0 amide bonds. The third-order valence-corrected chi connectivity index (χ3v) is 3.42. The summed E-state index contributed by atoms with van der Waals surface area (Å²) in [5.74, 6) is 0.427. The van der Waals surface area contributed by atoms with Crippen LogP contribution in [0.5, 0.6) is 11.5 Å². The van der Waals surface area contributed by atoms with Gasteiger partial charge in [0.1, 0.15) is 22.3 Å². The van der Waals surface area contributed by atoms with Crippen molar-refractivity contribution in [2.24, 2.45) is 0 Å². The molecule has 0 aliphatic rings. The molecule has 0 aliphatic carbocycles. The van der Waals surface area contributed by atoms with Crippen LogP contribution in [-0.4, -0.2) is 4.92 Å². The zero-order valence-corrected chi connectivity index (χ0v) is 12.3. The molecule has 7 heteroatoms. The zero-order valence-electron chi connectivity index (χ0n) is 9.98. The summed E-state index contributed by atoms with van der Waals surface area (Å²) < 4.78 is 18.7. The van der Waals surface area contributed by atoms with E-state index < -0.39 is 4.92 Å². The Morgan fingerprint density at radius 1 is 1.30 bits per heavy atom. The number of alkyl halides is 1. The zero-order chi connectivity index (χ0) is 14.7. The van der Waals surface area contributed by atoms with E-state index in [1.807, 2.05) is 0 Å². The molecule has 0 saturated heterocycles. The highest BCUT2D eigenvalue weighted by Crippen LogP contribution is 2.32. The largest absolute Gasteiger partial charge is 0.457 e. The highest BCUT2D eigenvalue weighted by Gasteiger charge is 2.13. The lowest BCUT2D eigenvalue weighted by Gasteiger charge is -2.10.